The lowest BCUT2D eigenvalue weighted by molar-refractivity contribution is 0.825. The van der Waals surface area contributed by atoms with Gasteiger partial charge in [0.25, 0.3) is 0 Å². The van der Waals surface area contributed by atoms with Gasteiger partial charge in [0.1, 0.15) is 0 Å². The van der Waals surface area contributed by atoms with Crippen LogP contribution in [0.1, 0.15) is 11.1 Å². The third kappa shape index (κ3) is 4.14. The molecule has 0 bridgehead atoms. The van der Waals surface area contributed by atoms with Crippen LogP contribution in [0.3, 0.4) is 0 Å². The third-order valence-corrected chi connectivity index (χ3v) is 5.44. The van der Waals surface area contributed by atoms with Crippen molar-refractivity contribution in [1.29, 1.82) is 0 Å². The topological polar surface area (TPSA) is 49.0 Å². The highest BCUT2D eigenvalue weighted by Gasteiger charge is 2.11. The summed E-state index contributed by atoms with van der Waals surface area (Å²) < 4.78 is 0. The van der Waals surface area contributed by atoms with Crippen LogP contribution in [0.5, 0.6) is 0 Å². The van der Waals surface area contributed by atoms with E-state index in [-0.39, 0.29) is 0 Å². The van der Waals surface area contributed by atoms with Gasteiger partial charge in [0.05, 0.1) is 16.7 Å². The molecule has 5 heteroatoms. The summed E-state index contributed by atoms with van der Waals surface area (Å²) in [6.45, 7) is 5.93. The van der Waals surface area contributed by atoms with Crippen molar-refractivity contribution in [3.8, 4) is 0 Å². The summed E-state index contributed by atoms with van der Waals surface area (Å²) in [5.41, 5.74) is 7.62. The fourth-order valence-corrected chi connectivity index (χ4v) is 3.65. The second-order valence-corrected chi connectivity index (χ2v) is 7.77. The average Bonchev–Trinajstić information content (AvgIpc) is 2.71. The Morgan fingerprint density at radius 1 is 0.793 bits per heavy atom. The van der Waals surface area contributed by atoms with E-state index in [9.17, 15) is 0 Å². The molecule has 1 heterocycles. The Bertz CT molecular complexity index is 1190. The molecule has 4 aromatic rings. The normalized spacial score (nSPS) is 11.2. The Kier molecular flexibility index (Phi) is 5.56. The lowest BCUT2D eigenvalue weighted by atomic mass is 10.1. The first-order chi connectivity index (χ1) is 14.0. The van der Waals surface area contributed by atoms with Crippen LogP contribution in [-0.4, -0.2) is 25.1 Å². The van der Waals surface area contributed by atoms with Gasteiger partial charge in [0.2, 0.25) is 0 Å². The molecule has 0 aliphatic rings. The summed E-state index contributed by atoms with van der Waals surface area (Å²) in [5.74, 6) is 0. The predicted octanol–water partition coefficient (Wildman–Crippen LogP) is 6.03. The van der Waals surface area contributed by atoms with E-state index in [1.165, 1.54) is 11.1 Å². The van der Waals surface area contributed by atoms with Crippen LogP contribution >= 0.6 is 11.6 Å². The highest BCUT2D eigenvalue weighted by atomic mass is 35.5. The van der Waals surface area contributed by atoms with E-state index >= 15 is 0 Å². The number of hydrogen-bond acceptors (Lipinski definition) is 4. The van der Waals surface area contributed by atoms with Gasteiger partial charge in [-0.05, 0) is 80.6 Å². The van der Waals surface area contributed by atoms with Gasteiger partial charge in [0, 0.05) is 40.3 Å². The monoisotopic (exact) mass is 404 g/mol. The second-order valence-electron chi connectivity index (χ2n) is 7.33. The van der Waals surface area contributed by atoms with Crippen LogP contribution in [0.15, 0.2) is 54.6 Å². The number of benzene rings is 3. The largest absolute Gasteiger partial charge is 0.383 e. The SMILES string of the molecule is CNCCNc1c2cc(Cl)ccc2nc2ccc(Nc3ccc(C)c(C)c3)cc12. The van der Waals surface area contributed by atoms with Gasteiger partial charge >= 0.3 is 0 Å². The summed E-state index contributed by atoms with van der Waals surface area (Å²) in [7, 11) is 1.95. The molecule has 4 nitrogen and oxygen atoms in total. The van der Waals surface area contributed by atoms with Gasteiger partial charge in [-0.2, -0.15) is 0 Å². The number of nitrogens with one attached hydrogen (secondary N) is 3. The molecule has 0 saturated carbocycles. The minimum absolute atomic E-state index is 0.708. The molecular formula is C24H25ClN4. The Balaban J connectivity index is 1.81. The molecule has 0 atom stereocenters. The maximum atomic E-state index is 6.29. The fraction of sp³-hybridized carbons (Fsp3) is 0.208. The molecule has 0 unspecified atom stereocenters. The maximum absolute atomic E-state index is 6.29. The number of rotatable bonds is 6. The zero-order valence-corrected chi connectivity index (χ0v) is 17.7. The molecule has 0 spiro atoms. The molecule has 29 heavy (non-hydrogen) atoms. The van der Waals surface area contributed by atoms with Crippen molar-refractivity contribution < 1.29 is 0 Å². The summed E-state index contributed by atoms with van der Waals surface area (Å²) >= 11 is 6.29. The summed E-state index contributed by atoms with van der Waals surface area (Å²) in [6.07, 6.45) is 0. The van der Waals surface area contributed by atoms with E-state index in [1.54, 1.807) is 0 Å². The molecule has 1 aromatic heterocycles. The third-order valence-electron chi connectivity index (χ3n) is 5.21. The molecule has 148 valence electrons. The number of likely N-dealkylation sites (N-methyl/N-ethyl adjacent to an activating group) is 1. The Morgan fingerprint density at radius 3 is 2.24 bits per heavy atom. The van der Waals surface area contributed by atoms with Crippen LogP contribution in [0, 0.1) is 13.8 Å². The van der Waals surface area contributed by atoms with Crippen LogP contribution in [0.4, 0.5) is 17.1 Å². The Hall–Kier alpha value is -2.82. The van der Waals surface area contributed by atoms with Gasteiger partial charge in [-0.1, -0.05) is 17.7 Å². The van der Waals surface area contributed by atoms with Crippen molar-refractivity contribution in [1.82, 2.24) is 10.3 Å². The molecule has 3 N–H and O–H groups in total. The number of aryl methyl sites for hydroxylation is 2. The molecule has 0 fully saturated rings. The Morgan fingerprint density at radius 2 is 1.48 bits per heavy atom. The number of hydrogen-bond donors (Lipinski definition) is 3. The van der Waals surface area contributed by atoms with Crippen molar-refractivity contribution in [2.75, 3.05) is 30.8 Å². The fourth-order valence-electron chi connectivity index (χ4n) is 3.48. The van der Waals surface area contributed by atoms with Gasteiger partial charge in [-0.15, -0.1) is 0 Å². The highest BCUT2D eigenvalue weighted by Crippen LogP contribution is 2.34. The molecule has 4 rings (SSSR count). The molecule has 0 aliphatic carbocycles. The van der Waals surface area contributed by atoms with Gasteiger partial charge < -0.3 is 16.0 Å². The van der Waals surface area contributed by atoms with E-state index in [1.807, 2.05) is 25.2 Å². The van der Waals surface area contributed by atoms with E-state index in [0.717, 1.165) is 52.0 Å². The van der Waals surface area contributed by atoms with Crippen LogP contribution < -0.4 is 16.0 Å². The number of fused-ring (bicyclic) bond motifs is 2. The number of anilines is 3. The van der Waals surface area contributed by atoms with Gasteiger partial charge in [-0.3, -0.25) is 0 Å². The summed E-state index contributed by atoms with van der Waals surface area (Å²) in [6, 6.07) is 18.5. The Labute approximate surface area is 176 Å². The van der Waals surface area contributed by atoms with Gasteiger partial charge in [-0.25, -0.2) is 4.98 Å². The number of pyridine rings is 1. The first-order valence-corrected chi connectivity index (χ1v) is 10.2. The molecule has 0 saturated heterocycles. The lowest BCUT2D eigenvalue weighted by Crippen LogP contribution is -2.18. The summed E-state index contributed by atoms with van der Waals surface area (Å²) in [5, 5.41) is 13.1. The maximum Gasteiger partial charge on any atom is 0.0732 e. The average molecular weight is 405 g/mol. The quantitative estimate of drug-likeness (QED) is 0.271. The first kappa shape index (κ1) is 19.5. The van der Waals surface area contributed by atoms with Crippen LogP contribution in [0.25, 0.3) is 21.8 Å². The van der Waals surface area contributed by atoms with Crippen molar-refractivity contribution in [2.24, 2.45) is 0 Å². The standard InChI is InChI=1S/C24H25ClN4/c1-15-4-6-18(12-16(15)2)28-19-7-9-23-21(14-19)24(27-11-10-26-3)20-13-17(25)5-8-22(20)29-23/h4-9,12-14,26,28H,10-11H2,1-3H3,(H,27,29). The van der Waals surface area contributed by atoms with Crippen LogP contribution in [0.2, 0.25) is 5.02 Å². The minimum Gasteiger partial charge on any atom is -0.383 e. The summed E-state index contributed by atoms with van der Waals surface area (Å²) in [4.78, 5) is 4.84. The van der Waals surface area contributed by atoms with Crippen molar-refractivity contribution >= 4 is 50.5 Å². The molecule has 3 aromatic carbocycles. The first-order valence-electron chi connectivity index (χ1n) is 9.81. The van der Waals surface area contributed by atoms with E-state index in [4.69, 9.17) is 16.6 Å². The molecule has 0 amide bonds. The van der Waals surface area contributed by atoms with Crippen LogP contribution in [-0.2, 0) is 0 Å². The molecule has 0 aliphatic heterocycles. The van der Waals surface area contributed by atoms with Crippen molar-refractivity contribution in [3.05, 3.63) is 70.7 Å². The van der Waals surface area contributed by atoms with E-state index in [2.05, 4.69) is 66.2 Å². The minimum atomic E-state index is 0.708. The molecular weight excluding hydrogens is 380 g/mol. The zero-order chi connectivity index (χ0) is 20.4. The van der Waals surface area contributed by atoms with E-state index in [0.29, 0.717) is 5.02 Å². The number of nitrogens with zero attached hydrogens (tertiary/aromatic N) is 1. The molecule has 0 radical (unpaired) electrons. The second kappa shape index (κ2) is 8.27. The van der Waals surface area contributed by atoms with E-state index < -0.39 is 0 Å². The zero-order valence-electron chi connectivity index (χ0n) is 16.9. The van der Waals surface area contributed by atoms with Gasteiger partial charge in [0.15, 0.2) is 0 Å². The number of aromatic nitrogens is 1. The highest BCUT2D eigenvalue weighted by molar-refractivity contribution is 6.31. The number of halogens is 1. The lowest BCUT2D eigenvalue weighted by Gasteiger charge is -2.15. The van der Waals surface area contributed by atoms with Crippen molar-refractivity contribution in [3.63, 3.8) is 0 Å². The smallest absolute Gasteiger partial charge is 0.0732 e. The van der Waals surface area contributed by atoms with Crippen molar-refractivity contribution in [2.45, 2.75) is 13.8 Å². The predicted molar refractivity (Wildman–Crippen MR) is 126 cm³/mol.